The molecule has 3 rings (SSSR count). The molecule has 1 aromatic heterocycles. The molecule has 0 spiro atoms. The summed E-state index contributed by atoms with van der Waals surface area (Å²) in [6, 6.07) is 4.27. The highest BCUT2D eigenvalue weighted by molar-refractivity contribution is 14.0. The molecule has 7 heteroatoms. The minimum Gasteiger partial charge on any atom is -0.372 e. The van der Waals surface area contributed by atoms with Crippen LogP contribution in [0.4, 0.5) is 5.82 Å². The molecule has 29 heavy (non-hydrogen) atoms. The first-order valence-electron chi connectivity index (χ1n) is 10.8. The predicted molar refractivity (Wildman–Crippen MR) is 131 cm³/mol. The Hall–Kier alpha value is -1.09. The number of halogens is 1. The van der Waals surface area contributed by atoms with E-state index in [2.05, 4.69) is 61.9 Å². The van der Waals surface area contributed by atoms with Crippen LogP contribution in [0.1, 0.15) is 46.6 Å². The number of morpholine rings is 1. The molecule has 2 saturated heterocycles. The van der Waals surface area contributed by atoms with Crippen molar-refractivity contribution in [3.05, 3.63) is 23.9 Å². The number of aromatic nitrogens is 1. The lowest BCUT2D eigenvalue weighted by atomic mass is 9.92. The summed E-state index contributed by atoms with van der Waals surface area (Å²) in [5.41, 5.74) is 1.15. The summed E-state index contributed by atoms with van der Waals surface area (Å²) in [6.07, 6.45) is 3.76. The third-order valence-corrected chi connectivity index (χ3v) is 5.47. The molecule has 0 aromatic carbocycles. The number of nitrogens with zero attached hydrogens (tertiary/aromatic N) is 4. The molecule has 4 atom stereocenters. The van der Waals surface area contributed by atoms with E-state index in [-0.39, 0.29) is 36.2 Å². The van der Waals surface area contributed by atoms with E-state index in [4.69, 9.17) is 14.7 Å². The first-order valence-corrected chi connectivity index (χ1v) is 10.8. The zero-order chi connectivity index (χ0) is 20.1. The highest BCUT2D eigenvalue weighted by Gasteiger charge is 2.24. The molecular weight excluding hydrogens is 477 g/mol. The highest BCUT2D eigenvalue weighted by atomic mass is 127. The molecule has 3 heterocycles. The van der Waals surface area contributed by atoms with Gasteiger partial charge in [0, 0.05) is 38.9 Å². The molecule has 1 N–H and O–H groups in total. The number of rotatable bonds is 4. The molecule has 2 aliphatic heterocycles. The Balaban J connectivity index is 0.00000300. The Kier molecular flexibility index (Phi) is 9.46. The summed E-state index contributed by atoms with van der Waals surface area (Å²) in [4.78, 5) is 14.3. The molecule has 0 aliphatic carbocycles. The van der Waals surface area contributed by atoms with Gasteiger partial charge in [-0.25, -0.2) is 9.98 Å². The van der Waals surface area contributed by atoms with Gasteiger partial charge >= 0.3 is 0 Å². The molecule has 164 valence electrons. The van der Waals surface area contributed by atoms with Gasteiger partial charge in [0.15, 0.2) is 5.96 Å². The minimum atomic E-state index is 0. The van der Waals surface area contributed by atoms with Gasteiger partial charge < -0.3 is 19.9 Å². The zero-order valence-electron chi connectivity index (χ0n) is 18.6. The number of nitrogens with one attached hydrogen (secondary N) is 1. The van der Waals surface area contributed by atoms with Crippen molar-refractivity contribution in [1.82, 2.24) is 15.2 Å². The Morgan fingerprint density at radius 2 is 1.76 bits per heavy atom. The monoisotopic (exact) mass is 515 g/mol. The summed E-state index contributed by atoms with van der Waals surface area (Å²) in [5, 5.41) is 3.47. The van der Waals surface area contributed by atoms with Crippen LogP contribution in [0.3, 0.4) is 0 Å². The molecule has 0 radical (unpaired) electrons. The van der Waals surface area contributed by atoms with E-state index in [0.717, 1.165) is 50.1 Å². The number of piperidine rings is 1. The SMILES string of the molecule is CCNC(=NCc1ccc(N2CC(C)OC(C)C2)nc1)N1CC(C)CC(C)C1.I. The van der Waals surface area contributed by atoms with Crippen LogP contribution in [0.5, 0.6) is 0 Å². The number of guanidine groups is 1. The van der Waals surface area contributed by atoms with E-state index in [1.165, 1.54) is 6.42 Å². The maximum Gasteiger partial charge on any atom is 0.194 e. The van der Waals surface area contributed by atoms with E-state index >= 15 is 0 Å². The molecule has 6 nitrogen and oxygen atoms in total. The van der Waals surface area contributed by atoms with Crippen molar-refractivity contribution in [3.63, 3.8) is 0 Å². The Morgan fingerprint density at radius 3 is 2.31 bits per heavy atom. The first-order chi connectivity index (χ1) is 13.4. The normalized spacial score (nSPS) is 28.1. The number of ether oxygens (including phenoxy) is 1. The van der Waals surface area contributed by atoms with Crippen LogP contribution in [0, 0.1) is 11.8 Å². The average molecular weight is 515 g/mol. The second-order valence-corrected chi connectivity index (χ2v) is 8.71. The standard InChI is InChI=1S/C22H37N5O.HI/c1-6-23-22(27-12-16(2)9-17(3)13-27)25-11-20-7-8-21(24-10-20)26-14-18(4)28-19(5)15-26;/h7-8,10,16-19H,6,9,11-15H2,1-5H3,(H,23,25);1H. The number of hydrogen-bond acceptors (Lipinski definition) is 4. The zero-order valence-corrected chi connectivity index (χ0v) is 20.9. The van der Waals surface area contributed by atoms with Gasteiger partial charge in [0.1, 0.15) is 5.82 Å². The second kappa shape index (κ2) is 11.3. The van der Waals surface area contributed by atoms with Gasteiger partial charge in [-0.2, -0.15) is 0 Å². The van der Waals surface area contributed by atoms with Gasteiger partial charge in [-0.05, 0) is 50.7 Å². The molecule has 1 aromatic rings. The first kappa shape index (κ1) is 24.2. The lowest BCUT2D eigenvalue weighted by molar-refractivity contribution is -0.00545. The summed E-state index contributed by atoms with van der Waals surface area (Å²) in [7, 11) is 0. The molecule has 0 bridgehead atoms. The lowest BCUT2D eigenvalue weighted by Crippen LogP contribution is -2.48. The van der Waals surface area contributed by atoms with E-state index < -0.39 is 0 Å². The molecule has 2 aliphatic rings. The average Bonchev–Trinajstić information content (AvgIpc) is 2.64. The van der Waals surface area contributed by atoms with Gasteiger partial charge in [-0.3, -0.25) is 0 Å². The van der Waals surface area contributed by atoms with Crippen molar-refractivity contribution in [2.75, 3.05) is 37.6 Å². The summed E-state index contributed by atoms with van der Waals surface area (Å²) in [6.45, 7) is 16.6. The molecule has 2 fully saturated rings. The maximum absolute atomic E-state index is 5.82. The minimum absolute atomic E-state index is 0. The number of aliphatic imine (C=N–C) groups is 1. The van der Waals surface area contributed by atoms with Crippen LogP contribution in [0.15, 0.2) is 23.3 Å². The van der Waals surface area contributed by atoms with Crippen molar-refractivity contribution in [2.45, 2.75) is 59.8 Å². The largest absolute Gasteiger partial charge is 0.372 e. The topological polar surface area (TPSA) is 53.0 Å². The number of hydrogen-bond donors (Lipinski definition) is 1. The Labute approximate surface area is 193 Å². The van der Waals surface area contributed by atoms with Crippen LogP contribution in [0.2, 0.25) is 0 Å². The summed E-state index contributed by atoms with van der Waals surface area (Å²) >= 11 is 0. The quantitative estimate of drug-likeness (QED) is 0.376. The van der Waals surface area contributed by atoms with E-state index in [9.17, 15) is 0 Å². The molecule has 4 unspecified atom stereocenters. The maximum atomic E-state index is 5.82. The van der Waals surface area contributed by atoms with E-state index in [1.807, 2.05) is 6.20 Å². The van der Waals surface area contributed by atoms with Crippen LogP contribution in [-0.4, -0.2) is 60.8 Å². The number of anilines is 1. The fourth-order valence-corrected chi connectivity index (χ4v) is 4.49. The van der Waals surface area contributed by atoms with Gasteiger partial charge in [0.2, 0.25) is 0 Å². The number of pyridine rings is 1. The molecule has 0 amide bonds. The fraction of sp³-hybridized carbons (Fsp3) is 0.727. The fourth-order valence-electron chi connectivity index (χ4n) is 4.49. The van der Waals surface area contributed by atoms with Crippen molar-refractivity contribution in [1.29, 1.82) is 0 Å². The van der Waals surface area contributed by atoms with Crippen molar-refractivity contribution in [3.8, 4) is 0 Å². The van der Waals surface area contributed by atoms with Gasteiger partial charge in [-0.1, -0.05) is 19.9 Å². The van der Waals surface area contributed by atoms with Crippen molar-refractivity contribution >= 4 is 35.8 Å². The second-order valence-electron chi connectivity index (χ2n) is 8.71. The van der Waals surface area contributed by atoms with Crippen molar-refractivity contribution < 1.29 is 4.74 Å². The number of likely N-dealkylation sites (tertiary alicyclic amines) is 1. The predicted octanol–water partition coefficient (Wildman–Crippen LogP) is 3.76. The van der Waals surface area contributed by atoms with Gasteiger partial charge in [0.05, 0.1) is 18.8 Å². The Morgan fingerprint density at radius 1 is 1.10 bits per heavy atom. The van der Waals surface area contributed by atoms with Gasteiger partial charge in [-0.15, -0.1) is 24.0 Å². The molecule has 0 saturated carbocycles. The summed E-state index contributed by atoms with van der Waals surface area (Å²) in [5.74, 6) is 3.49. The smallest absolute Gasteiger partial charge is 0.194 e. The third-order valence-electron chi connectivity index (χ3n) is 5.47. The van der Waals surface area contributed by atoms with Crippen LogP contribution < -0.4 is 10.2 Å². The van der Waals surface area contributed by atoms with E-state index in [1.54, 1.807) is 0 Å². The summed E-state index contributed by atoms with van der Waals surface area (Å²) < 4.78 is 5.82. The lowest BCUT2D eigenvalue weighted by Gasteiger charge is -2.37. The Bertz CT molecular complexity index is 633. The van der Waals surface area contributed by atoms with Crippen LogP contribution >= 0.6 is 24.0 Å². The molecular formula is C22H38IN5O. The highest BCUT2D eigenvalue weighted by Crippen LogP contribution is 2.21. The third kappa shape index (κ3) is 6.98. The van der Waals surface area contributed by atoms with Crippen LogP contribution in [0.25, 0.3) is 0 Å². The van der Waals surface area contributed by atoms with Gasteiger partial charge in [0.25, 0.3) is 0 Å². The van der Waals surface area contributed by atoms with Crippen molar-refractivity contribution in [2.24, 2.45) is 16.8 Å². The van der Waals surface area contributed by atoms with Crippen LogP contribution in [-0.2, 0) is 11.3 Å². The van der Waals surface area contributed by atoms with E-state index in [0.29, 0.717) is 18.4 Å².